The Morgan fingerprint density at radius 3 is 1.84 bits per heavy atom. The van der Waals surface area contributed by atoms with E-state index in [0.29, 0.717) is 5.56 Å². The third-order valence-corrected chi connectivity index (χ3v) is 9.08. The molecule has 8 aromatic rings. The summed E-state index contributed by atoms with van der Waals surface area (Å²) < 4.78 is 50.2. The van der Waals surface area contributed by atoms with Gasteiger partial charge in [-0.05, 0) is 95.2 Å². The highest BCUT2D eigenvalue weighted by Crippen LogP contribution is 2.59. The Balaban J connectivity index is 1.43. The quantitative estimate of drug-likeness (QED) is 0.208. The molecule has 0 radical (unpaired) electrons. The van der Waals surface area contributed by atoms with Gasteiger partial charge in [-0.2, -0.15) is 0 Å². The first-order valence-electron chi connectivity index (χ1n) is 17.0. The van der Waals surface area contributed by atoms with E-state index in [1.165, 1.54) is 0 Å². The molecule has 1 aliphatic carbocycles. The van der Waals surface area contributed by atoms with Crippen molar-refractivity contribution in [2.75, 3.05) is 0 Å². The highest BCUT2D eigenvalue weighted by atomic mass is 16.5. The number of rotatable bonds is 2. The fourth-order valence-electron chi connectivity index (χ4n) is 7.45. The van der Waals surface area contributed by atoms with Crippen molar-refractivity contribution in [2.45, 2.75) is 0 Å². The van der Waals surface area contributed by atoms with E-state index in [1.807, 2.05) is 42.5 Å². The van der Waals surface area contributed by atoms with E-state index in [0.717, 1.165) is 88.3 Å². The molecule has 43 heavy (non-hydrogen) atoms. The van der Waals surface area contributed by atoms with Crippen molar-refractivity contribution in [3.8, 4) is 67.1 Å². The first-order valence-corrected chi connectivity index (χ1v) is 14.5. The van der Waals surface area contributed by atoms with E-state index in [2.05, 4.69) is 72.8 Å². The minimum Gasteiger partial charge on any atom is -0.456 e. The number of hydrogen-bond donors (Lipinski definition) is 0. The van der Waals surface area contributed by atoms with Gasteiger partial charge in [-0.15, -0.1) is 0 Å². The summed E-state index contributed by atoms with van der Waals surface area (Å²) in [6.45, 7) is 0. The standard InChI is InChI=1S/C42H24O/c1-2-11-26(12-3-1)38-29-16-4-5-17-31(29)40(42-34-21-9-14-25-13-8-20-33(37(25)34)41(38)42)32-23-24-36-39-28(18-10-19-30(32)39)27-15-6-7-22-35(27)43-36/h1-24H/i1D,2D,3D,11D,12D. The minimum absolute atomic E-state index is 0.207. The fourth-order valence-corrected chi connectivity index (χ4v) is 7.45. The molecule has 0 N–H and O–H groups in total. The Labute approximate surface area is 256 Å². The lowest BCUT2D eigenvalue weighted by molar-refractivity contribution is 0.487. The maximum Gasteiger partial charge on any atom is 0.135 e. The molecule has 2 aliphatic rings. The van der Waals surface area contributed by atoms with Gasteiger partial charge < -0.3 is 4.74 Å². The summed E-state index contributed by atoms with van der Waals surface area (Å²) in [5.41, 5.74) is 9.07. The van der Waals surface area contributed by atoms with Crippen LogP contribution >= 0.6 is 0 Å². The van der Waals surface area contributed by atoms with Crippen molar-refractivity contribution in [3.05, 3.63) is 145 Å². The molecule has 0 atom stereocenters. The van der Waals surface area contributed by atoms with Crippen LogP contribution in [0.3, 0.4) is 0 Å². The Hall–Kier alpha value is -5.66. The molecule has 0 amide bonds. The lowest BCUT2D eigenvalue weighted by Gasteiger charge is -2.24. The number of hydrogen-bond acceptors (Lipinski definition) is 1. The normalized spacial score (nSPS) is 14.0. The predicted molar refractivity (Wildman–Crippen MR) is 180 cm³/mol. The molecule has 0 fully saturated rings. The molecule has 0 unspecified atom stereocenters. The number of ether oxygens (including phenoxy) is 1. The molecule has 1 nitrogen and oxygen atoms in total. The summed E-state index contributed by atoms with van der Waals surface area (Å²) in [6, 6.07) is 37.9. The molecular weight excluding hydrogens is 520 g/mol. The van der Waals surface area contributed by atoms with E-state index < -0.39 is 6.04 Å². The third kappa shape index (κ3) is 3.01. The van der Waals surface area contributed by atoms with Crippen LogP contribution in [0, 0.1) is 0 Å². The average molecular weight is 550 g/mol. The van der Waals surface area contributed by atoms with Gasteiger partial charge in [0.15, 0.2) is 0 Å². The van der Waals surface area contributed by atoms with Gasteiger partial charge in [0, 0.05) is 10.9 Å². The molecule has 198 valence electrons. The molecule has 0 bridgehead atoms. The van der Waals surface area contributed by atoms with Gasteiger partial charge >= 0.3 is 0 Å². The molecule has 1 heteroatoms. The summed E-state index contributed by atoms with van der Waals surface area (Å²) in [6.07, 6.45) is 0. The summed E-state index contributed by atoms with van der Waals surface area (Å²) >= 11 is 0. The zero-order valence-corrected chi connectivity index (χ0v) is 22.9. The lowest BCUT2D eigenvalue weighted by Crippen LogP contribution is -1.99. The highest BCUT2D eigenvalue weighted by Gasteiger charge is 2.31. The summed E-state index contributed by atoms with van der Waals surface area (Å²) in [4.78, 5) is 0. The van der Waals surface area contributed by atoms with Crippen molar-refractivity contribution >= 4 is 32.3 Å². The summed E-state index contributed by atoms with van der Waals surface area (Å²) in [5.74, 6) is 1.65. The smallest absolute Gasteiger partial charge is 0.135 e. The van der Waals surface area contributed by atoms with Gasteiger partial charge in [-0.3, -0.25) is 0 Å². The fraction of sp³-hybridized carbons (Fsp3) is 0. The molecule has 0 aromatic heterocycles. The van der Waals surface area contributed by atoms with E-state index in [9.17, 15) is 0 Å². The molecule has 0 spiro atoms. The maximum atomic E-state index is 9.09. The zero-order valence-electron chi connectivity index (χ0n) is 27.9. The molecular formula is C42H24O. The Bertz CT molecular complexity index is 2730. The second-order valence-corrected chi connectivity index (χ2v) is 11.2. The number of para-hydroxylation sites is 1. The van der Waals surface area contributed by atoms with Crippen LogP contribution in [0.4, 0.5) is 0 Å². The SMILES string of the molecule is [2H]c1c([2H])c([2H])c(-c2c3c(c(-c4ccc5c6c(cccc46)-c4ccccc4O5)c4ccccc24)-c2cccc4cccc-3c24)c([2H])c1[2H]. The van der Waals surface area contributed by atoms with Gasteiger partial charge in [-0.1, -0.05) is 127 Å². The van der Waals surface area contributed by atoms with Crippen molar-refractivity contribution in [1.82, 2.24) is 0 Å². The van der Waals surface area contributed by atoms with E-state index in [1.54, 1.807) is 0 Å². The van der Waals surface area contributed by atoms with Crippen LogP contribution in [-0.2, 0) is 0 Å². The van der Waals surface area contributed by atoms with Crippen LogP contribution in [0.1, 0.15) is 6.85 Å². The lowest BCUT2D eigenvalue weighted by atomic mass is 9.81. The minimum atomic E-state index is -0.399. The predicted octanol–water partition coefficient (Wildman–Crippen LogP) is 11.9. The van der Waals surface area contributed by atoms with E-state index in [-0.39, 0.29) is 29.7 Å². The van der Waals surface area contributed by atoms with Crippen molar-refractivity contribution < 1.29 is 11.6 Å². The molecule has 0 saturated carbocycles. The van der Waals surface area contributed by atoms with Gasteiger partial charge in [0.05, 0.1) is 6.85 Å². The average Bonchev–Trinajstić information content (AvgIpc) is 3.45. The Kier molecular flexibility index (Phi) is 3.67. The van der Waals surface area contributed by atoms with Gasteiger partial charge in [0.25, 0.3) is 0 Å². The van der Waals surface area contributed by atoms with Crippen LogP contribution in [0.2, 0.25) is 0 Å². The molecule has 1 aliphatic heterocycles. The van der Waals surface area contributed by atoms with E-state index in [4.69, 9.17) is 11.6 Å². The topological polar surface area (TPSA) is 9.23 Å². The van der Waals surface area contributed by atoms with Gasteiger partial charge in [-0.25, -0.2) is 0 Å². The van der Waals surface area contributed by atoms with Crippen LogP contribution in [0.15, 0.2) is 145 Å². The largest absolute Gasteiger partial charge is 0.456 e. The van der Waals surface area contributed by atoms with Crippen LogP contribution < -0.4 is 4.74 Å². The zero-order chi connectivity index (χ0) is 32.4. The van der Waals surface area contributed by atoms with Crippen molar-refractivity contribution in [2.24, 2.45) is 0 Å². The van der Waals surface area contributed by atoms with Crippen LogP contribution in [0.5, 0.6) is 11.5 Å². The van der Waals surface area contributed by atoms with Crippen LogP contribution in [0.25, 0.3) is 88.0 Å². The first kappa shape index (κ1) is 18.7. The Morgan fingerprint density at radius 1 is 0.395 bits per heavy atom. The molecule has 0 saturated heterocycles. The Morgan fingerprint density at radius 2 is 1.02 bits per heavy atom. The van der Waals surface area contributed by atoms with Crippen LogP contribution in [-0.4, -0.2) is 0 Å². The monoisotopic (exact) mass is 549 g/mol. The maximum absolute atomic E-state index is 9.09. The molecule has 10 rings (SSSR count). The molecule has 1 heterocycles. The highest BCUT2D eigenvalue weighted by molar-refractivity contribution is 6.29. The van der Waals surface area contributed by atoms with E-state index >= 15 is 0 Å². The summed E-state index contributed by atoms with van der Waals surface area (Å²) in [7, 11) is 0. The summed E-state index contributed by atoms with van der Waals surface area (Å²) in [5, 5.41) is 6.07. The van der Waals surface area contributed by atoms with Gasteiger partial charge in [0.2, 0.25) is 0 Å². The number of benzene rings is 8. The second kappa shape index (κ2) is 8.44. The van der Waals surface area contributed by atoms with Crippen molar-refractivity contribution in [1.29, 1.82) is 0 Å². The third-order valence-electron chi connectivity index (χ3n) is 9.08. The van der Waals surface area contributed by atoms with Crippen molar-refractivity contribution in [3.63, 3.8) is 0 Å². The van der Waals surface area contributed by atoms with Gasteiger partial charge in [0.1, 0.15) is 11.5 Å². The number of fused-ring (bicyclic) bond motifs is 6. The first-order chi connectivity index (χ1) is 23.4. The molecule has 8 aromatic carbocycles. The second-order valence-electron chi connectivity index (χ2n) is 11.2.